The molecule has 0 bridgehead atoms. The summed E-state index contributed by atoms with van der Waals surface area (Å²) in [7, 11) is 0. The van der Waals surface area contributed by atoms with Gasteiger partial charge in [0, 0.05) is 16.6 Å². The van der Waals surface area contributed by atoms with E-state index in [1.807, 2.05) is 6.92 Å². The number of hydrogen-bond acceptors (Lipinski definition) is 5. The number of phenolic OH excluding ortho intramolecular Hbond substituents is 3. The van der Waals surface area contributed by atoms with Gasteiger partial charge >= 0.3 is 0 Å². The van der Waals surface area contributed by atoms with Gasteiger partial charge < -0.3 is 20.4 Å². The zero-order valence-corrected chi connectivity index (χ0v) is 12.9. The lowest BCUT2D eigenvalue weighted by Crippen LogP contribution is -2.40. The number of ketones is 1. The van der Waals surface area contributed by atoms with Crippen molar-refractivity contribution in [3.8, 4) is 17.2 Å². The van der Waals surface area contributed by atoms with Crippen molar-refractivity contribution in [2.45, 2.75) is 38.7 Å². The molecule has 4 N–H and O–H groups in total. The number of carbonyl (C=O) groups is 1. The minimum Gasteiger partial charge on any atom is -0.504 e. The van der Waals surface area contributed by atoms with Crippen molar-refractivity contribution in [3.63, 3.8) is 0 Å². The summed E-state index contributed by atoms with van der Waals surface area (Å²) in [6.07, 6.45) is 5.40. The van der Waals surface area contributed by atoms with E-state index in [-0.39, 0.29) is 11.3 Å². The van der Waals surface area contributed by atoms with E-state index in [0.29, 0.717) is 18.4 Å². The third-order valence-electron chi connectivity index (χ3n) is 5.06. The maximum atomic E-state index is 12.3. The Morgan fingerprint density at radius 3 is 2.70 bits per heavy atom. The van der Waals surface area contributed by atoms with Crippen LogP contribution < -0.4 is 0 Å². The molecular weight excluding hydrogens is 296 g/mol. The van der Waals surface area contributed by atoms with Gasteiger partial charge in [0.15, 0.2) is 17.3 Å². The van der Waals surface area contributed by atoms with Gasteiger partial charge in [-0.05, 0) is 50.0 Å². The lowest BCUT2D eigenvalue weighted by atomic mass is 9.63. The highest BCUT2D eigenvalue weighted by Gasteiger charge is 2.43. The summed E-state index contributed by atoms with van der Waals surface area (Å²) >= 11 is 0. The van der Waals surface area contributed by atoms with Gasteiger partial charge in [0.25, 0.3) is 0 Å². The van der Waals surface area contributed by atoms with Crippen LogP contribution in [0, 0.1) is 5.41 Å². The second-order valence-corrected chi connectivity index (χ2v) is 6.58. The van der Waals surface area contributed by atoms with E-state index in [1.54, 1.807) is 6.08 Å². The van der Waals surface area contributed by atoms with Crippen LogP contribution in [0.1, 0.15) is 38.2 Å². The van der Waals surface area contributed by atoms with Crippen LogP contribution in [-0.2, 0) is 4.79 Å². The number of rotatable bonds is 1. The van der Waals surface area contributed by atoms with Crippen molar-refractivity contribution in [3.05, 3.63) is 34.9 Å². The van der Waals surface area contributed by atoms with Crippen LogP contribution in [0.15, 0.2) is 29.4 Å². The number of allylic oxidation sites excluding steroid dienone is 2. The van der Waals surface area contributed by atoms with Gasteiger partial charge in [-0.15, -0.1) is 0 Å². The zero-order valence-electron chi connectivity index (χ0n) is 12.9. The fraction of sp³-hybridized carbons (Fsp3) is 0.389. The number of aliphatic hydroxyl groups is 1. The summed E-state index contributed by atoms with van der Waals surface area (Å²) in [6.45, 7) is 1.96. The highest BCUT2D eigenvalue weighted by atomic mass is 16.3. The molecule has 1 aromatic rings. The molecular formula is C18H20O5. The fourth-order valence-electron chi connectivity index (χ4n) is 3.52. The van der Waals surface area contributed by atoms with Crippen LogP contribution >= 0.6 is 0 Å². The monoisotopic (exact) mass is 316 g/mol. The highest BCUT2D eigenvalue weighted by molar-refractivity contribution is 6.09. The van der Waals surface area contributed by atoms with Gasteiger partial charge in [0.05, 0.1) is 6.10 Å². The van der Waals surface area contributed by atoms with Gasteiger partial charge in [0.2, 0.25) is 5.75 Å². The topological polar surface area (TPSA) is 98.0 Å². The van der Waals surface area contributed by atoms with Crippen molar-refractivity contribution < 1.29 is 25.2 Å². The van der Waals surface area contributed by atoms with Crippen molar-refractivity contribution in [1.82, 2.24) is 0 Å². The smallest absolute Gasteiger partial charge is 0.200 e. The number of aliphatic hydroxyl groups excluding tert-OH is 1. The van der Waals surface area contributed by atoms with Gasteiger partial charge in [0.1, 0.15) is 0 Å². The molecule has 0 aliphatic heterocycles. The SMILES string of the molecule is C[C@]12C/C(=C\c3ccc(O)c(O)c3O)C(=O)C=C1CCC[C@@H]2O. The Bertz CT molecular complexity index is 731. The first-order valence-electron chi connectivity index (χ1n) is 7.71. The minimum absolute atomic E-state index is 0.140. The van der Waals surface area contributed by atoms with Crippen molar-refractivity contribution in [2.24, 2.45) is 5.41 Å². The number of hydrogen-bond donors (Lipinski definition) is 4. The first-order chi connectivity index (χ1) is 10.8. The molecule has 5 heteroatoms. The summed E-state index contributed by atoms with van der Waals surface area (Å²) < 4.78 is 0. The molecule has 5 nitrogen and oxygen atoms in total. The van der Waals surface area contributed by atoms with E-state index in [9.17, 15) is 25.2 Å². The Morgan fingerprint density at radius 1 is 1.22 bits per heavy atom. The summed E-state index contributed by atoms with van der Waals surface area (Å²) in [6, 6.07) is 2.69. The van der Waals surface area contributed by atoms with E-state index < -0.39 is 28.8 Å². The fourth-order valence-corrected chi connectivity index (χ4v) is 3.52. The van der Waals surface area contributed by atoms with E-state index in [1.165, 1.54) is 18.2 Å². The van der Waals surface area contributed by atoms with Crippen LogP contribution in [-0.4, -0.2) is 32.3 Å². The molecule has 2 aliphatic carbocycles. The molecule has 1 saturated carbocycles. The van der Waals surface area contributed by atoms with Gasteiger partial charge in [-0.1, -0.05) is 12.5 Å². The van der Waals surface area contributed by atoms with E-state index >= 15 is 0 Å². The molecule has 0 unspecified atom stereocenters. The maximum absolute atomic E-state index is 12.3. The molecule has 2 aliphatic rings. The molecule has 1 fully saturated rings. The van der Waals surface area contributed by atoms with Gasteiger partial charge in [-0.2, -0.15) is 0 Å². The zero-order chi connectivity index (χ0) is 16.8. The first-order valence-corrected chi connectivity index (χ1v) is 7.71. The molecule has 0 saturated heterocycles. The molecule has 0 heterocycles. The molecule has 0 aromatic heterocycles. The first kappa shape index (κ1) is 15.6. The maximum Gasteiger partial charge on any atom is 0.200 e. The molecule has 0 radical (unpaired) electrons. The Kier molecular flexibility index (Phi) is 3.68. The Hall–Kier alpha value is -2.27. The van der Waals surface area contributed by atoms with E-state index in [4.69, 9.17) is 0 Å². The normalized spacial score (nSPS) is 29.3. The molecule has 2 atom stereocenters. The minimum atomic E-state index is -0.609. The second-order valence-electron chi connectivity index (χ2n) is 6.58. The van der Waals surface area contributed by atoms with Crippen molar-refractivity contribution >= 4 is 11.9 Å². The lowest BCUT2D eigenvalue weighted by Gasteiger charge is -2.43. The molecule has 0 amide bonds. The number of phenols is 3. The average molecular weight is 316 g/mol. The van der Waals surface area contributed by atoms with E-state index in [0.717, 1.165) is 18.4 Å². The summed E-state index contributed by atoms with van der Waals surface area (Å²) in [4.78, 5) is 12.3. The summed E-state index contributed by atoms with van der Waals surface area (Å²) in [5.74, 6) is -1.63. The molecule has 0 spiro atoms. The van der Waals surface area contributed by atoms with Gasteiger partial charge in [-0.25, -0.2) is 0 Å². The van der Waals surface area contributed by atoms with Crippen molar-refractivity contribution in [1.29, 1.82) is 0 Å². The molecule has 3 rings (SSSR count). The summed E-state index contributed by atoms with van der Waals surface area (Å²) in [5, 5.41) is 39.2. The largest absolute Gasteiger partial charge is 0.504 e. The number of aromatic hydroxyl groups is 3. The van der Waals surface area contributed by atoms with Crippen LogP contribution in [0.3, 0.4) is 0 Å². The Labute approximate surface area is 134 Å². The molecule has 122 valence electrons. The van der Waals surface area contributed by atoms with E-state index in [2.05, 4.69) is 0 Å². The third kappa shape index (κ3) is 2.51. The summed E-state index contributed by atoms with van der Waals surface area (Å²) in [5.41, 5.74) is 1.25. The average Bonchev–Trinajstić information content (AvgIpc) is 2.51. The van der Waals surface area contributed by atoms with Crippen LogP contribution in [0.25, 0.3) is 6.08 Å². The Balaban J connectivity index is 2.03. The predicted molar refractivity (Wildman–Crippen MR) is 85.1 cm³/mol. The molecule has 1 aromatic carbocycles. The van der Waals surface area contributed by atoms with Crippen LogP contribution in [0.4, 0.5) is 0 Å². The van der Waals surface area contributed by atoms with Gasteiger partial charge in [-0.3, -0.25) is 4.79 Å². The number of carbonyl (C=O) groups excluding carboxylic acids is 1. The quantitative estimate of drug-likeness (QED) is 0.472. The van der Waals surface area contributed by atoms with Crippen LogP contribution in [0.5, 0.6) is 17.2 Å². The number of fused-ring (bicyclic) bond motifs is 1. The Morgan fingerprint density at radius 2 is 1.96 bits per heavy atom. The van der Waals surface area contributed by atoms with Crippen LogP contribution in [0.2, 0.25) is 0 Å². The predicted octanol–water partition coefficient (Wildman–Crippen LogP) is 2.64. The van der Waals surface area contributed by atoms with Crippen molar-refractivity contribution in [2.75, 3.05) is 0 Å². The standard InChI is InChI=1S/C18H20O5/c1-18-9-11(7-10-5-6-13(19)17(23)16(10)22)14(20)8-12(18)3-2-4-15(18)21/h5-8,15,19,21-23H,2-4,9H2,1H3/b11-7+/t15-,18-/m0/s1. The second kappa shape index (κ2) is 5.42. The third-order valence-corrected chi connectivity index (χ3v) is 5.06. The number of benzene rings is 1. The lowest BCUT2D eigenvalue weighted by molar-refractivity contribution is -0.112. The molecule has 23 heavy (non-hydrogen) atoms. The highest BCUT2D eigenvalue weighted by Crippen LogP contribution is 2.48.